The van der Waals surface area contributed by atoms with Gasteiger partial charge in [0.05, 0.1) is 0 Å². The fourth-order valence-corrected chi connectivity index (χ4v) is 4.22. The van der Waals surface area contributed by atoms with Crippen molar-refractivity contribution in [3.05, 3.63) is 60.2 Å². The first kappa shape index (κ1) is 23.2. The number of thiocarbonyl (C=S) groups is 1. The first-order valence-corrected chi connectivity index (χ1v) is 12.3. The Morgan fingerprint density at radius 2 is 1.80 bits per heavy atom. The minimum atomic E-state index is 0.395. The number of anilines is 2. The maximum Gasteiger partial charge on any atom is 0.234 e. The van der Waals surface area contributed by atoms with E-state index in [0.29, 0.717) is 36.7 Å². The highest BCUT2D eigenvalue weighted by molar-refractivity contribution is 7.80. The molecule has 0 spiro atoms. The van der Waals surface area contributed by atoms with Crippen LogP contribution in [0.5, 0.6) is 23.1 Å². The Labute approximate surface area is 210 Å². The van der Waals surface area contributed by atoms with Gasteiger partial charge in [-0.1, -0.05) is 31.2 Å². The van der Waals surface area contributed by atoms with Gasteiger partial charge in [-0.15, -0.1) is 0 Å². The van der Waals surface area contributed by atoms with E-state index < -0.39 is 0 Å². The van der Waals surface area contributed by atoms with Crippen LogP contribution in [0.25, 0.3) is 0 Å². The fourth-order valence-electron chi connectivity index (χ4n) is 4.06. The van der Waals surface area contributed by atoms with Crippen molar-refractivity contribution in [1.29, 1.82) is 0 Å². The largest absolute Gasteiger partial charge is 0.486 e. The van der Waals surface area contributed by atoms with Gasteiger partial charge in [0.1, 0.15) is 24.8 Å². The smallest absolute Gasteiger partial charge is 0.234 e. The van der Waals surface area contributed by atoms with Crippen molar-refractivity contribution < 1.29 is 14.2 Å². The van der Waals surface area contributed by atoms with E-state index in [1.165, 1.54) is 0 Å². The molecule has 0 radical (unpaired) electrons. The van der Waals surface area contributed by atoms with Gasteiger partial charge in [-0.2, -0.15) is 9.97 Å². The third kappa shape index (κ3) is 6.10. The van der Waals surface area contributed by atoms with E-state index in [4.69, 9.17) is 31.4 Å². The van der Waals surface area contributed by atoms with Crippen LogP contribution < -0.4 is 29.7 Å². The first-order chi connectivity index (χ1) is 17.1. The fraction of sp³-hybridized carbons (Fsp3) is 0.346. The summed E-state index contributed by atoms with van der Waals surface area (Å²) in [6.07, 6.45) is 2.27. The number of nitrogens with one attached hydrogen (secondary N) is 2. The summed E-state index contributed by atoms with van der Waals surface area (Å²) in [5.41, 5.74) is 1.03. The van der Waals surface area contributed by atoms with Gasteiger partial charge in [-0.25, -0.2) is 0 Å². The van der Waals surface area contributed by atoms with Crippen molar-refractivity contribution in [2.75, 3.05) is 36.5 Å². The third-order valence-electron chi connectivity index (χ3n) is 6.05. The van der Waals surface area contributed by atoms with E-state index in [0.717, 1.165) is 60.5 Å². The number of rotatable bonds is 6. The molecule has 35 heavy (non-hydrogen) atoms. The molecule has 3 aromatic rings. The van der Waals surface area contributed by atoms with Crippen LogP contribution in [0.3, 0.4) is 0 Å². The van der Waals surface area contributed by atoms with Gasteiger partial charge in [0, 0.05) is 25.7 Å². The minimum absolute atomic E-state index is 0.395. The second-order valence-corrected chi connectivity index (χ2v) is 9.17. The summed E-state index contributed by atoms with van der Waals surface area (Å²) in [6, 6.07) is 17.4. The van der Waals surface area contributed by atoms with Crippen LogP contribution in [0.4, 0.5) is 11.8 Å². The van der Waals surface area contributed by atoms with Crippen molar-refractivity contribution in [1.82, 2.24) is 15.3 Å². The molecule has 5 rings (SSSR count). The molecule has 1 fully saturated rings. The predicted molar refractivity (Wildman–Crippen MR) is 140 cm³/mol. The zero-order valence-corrected chi connectivity index (χ0v) is 20.5. The van der Waals surface area contributed by atoms with Gasteiger partial charge in [0.2, 0.25) is 11.8 Å². The Morgan fingerprint density at radius 3 is 2.60 bits per heavy atom. The monoisotopic (exact) mass is 491 g/mol. The van der Waals surface area contributed by atoms with Crippen molar-refractivity contribution >= 4 is 29.1 Å². The number of ether oxygens (including phenoxy) is 3. The summed E-state index contributed by atoms with van der Waals surface area (Å²) in [4.78, 5) is 11.6. The molecule has 0 amide bonds. The molecule has 1 aromatic heterocycles. The van der Waals surface area contributed by atoms with E-state index in [2.05, 4.69) is 27.4 Å². The Kier molecular flexibility index (Phi) is 7.13. The highest BCUT2D eigenvalue weighted by Crippen LogP contribution is 2.31. The molecular formula is C26H29N5O3S. The lowest BCUT2D eigenvalue weighted by Gasteiger charge is -2.31. The number of benzene rings is 2. The number of aromatic nitrogens is 2. The molecule has 0 atom stereocenters. The molecule has 0 unspecified atom stereocenters. The Hall–Kier alpha value is -3.59. The topological polar surface area (TPSA) is 80.8 Å². The summed E-state index contributed by atoms with van der Waals surface area (Å²) in [6.45, 7) is 5.86. The lowest BCUT2D eigenvalue weighted by Crippen LogP contribution is -2.34. The molecule has 0 saturated carbocycles. The molecule has 9 heteroatoms. The van der Waals surface area contributed by atoms with E-state index in [1.807, 2.05) is 54.6 Å². The maximum absolute atomic E-state index is 6.03. The average Bonchev–Trinajstić information content (AvgIpc) is 2.88. The maximum atomic E-state index is 6.03. The number of nitrogens with zero attached hydrogens (tertiary/aromatic N) is 3. The second kappa shape index (κ2) is 10.8. The number of para-hydroxylation sites is 1. The molecule has 8 nitrogen and oxygen atoms in total. The Morgan fingerprint density at radius 1 is 1.03 bits per heavy atom. The summed E-state index contributed by atoms with van der Waals surface area (Å²) in [5.74, 6) is 4.66. The van der Waals surface area contributed by atoms with Crippen molar-refractivity contribution in [2.24, 2.45) is 5.92 Å². The van der Waals surface area contributed by atoms with Crippen molar-refractivity contribution in [3.8, 4) is 23.1 Å². The van der Waals surface area contributed by atoms with Crippen molar-refractivity contribution in [2.45, 2.75) is 26.3 Å². The SMILES string of the molecule is CC1CCN(c2cc(Oc3ccccc3)nc(NC(=S)NCc3ccc4c(c3)OCCO4)n2)CC1. The first-order valence-electron chi connectivity index (χ1n) is 11.9. The zero-order chi connectivity index (χ0) is 24.0. The lowest BCUT2D eigenvalue weighted by molar-refractivity contribution is 0.171. The van der Waals surface area contributed by atoms with Crippen LogP contribution in [-0.2, 0) is 6.54 Å². The summed E-state index contributed by atoms with van der Waals surface area (Å²) in [7, 11) is 0. The summed E-state index contributed by atoms with van der Waals surface area (Å²) < 4.78 is 17.3. The number of piperidine rings is 1. The number of hydrogen-bond donors (Lipinski definition) is 2. The normalized spacial score (nSPS) is 15.4. The molecule has 0 bridgehead atoms. The van der Waals surface area contributed by atoms with Gasteiger partial charge in [0.25, 0.3) is 0 Å². The molecular weight excluding hydrogens is 462 g/mol. The quantitative estimate of drug-likeness (QED) is 0.474. The average molecular weight is 492 g/mol. The van der Waals surface area contributed by atoms with Gasteiger partial charge >= 0.3 is 0 Å². The van der Waals surface area contributed by atoms with E-state index >= 15 is 0 Å². The van der Waals surface area contributed by atoms with E-state index in [1.54, 1.807) is 0 Å². The van der Waals surface area contributed by atoms with Gasteiger partial charge in [0.15, 0.2) is 16.6 Å². The van der Waals surface area contributed by atoms with Gasteiger partial charge in [-0.05, 0) is 60.8 Å². The van der Waals surface area contributed by atoms with Crippen LogP contribution in [0.15, 0.2) is 54.6 Å². The number of fused-ring (bicyclic) bond motifs is 1. The molecule has 2 N–H and O–H groups in total. The van der Waals surface area contributed by atoms with Crippen LogP contribution >= 0.6 is 12.2 Å². The van der Waals surface area contributed by atoms with Gasteiger partial charge in [-0.3, -0.25) is 0 Å². The van der Waals surface area contributed by atoms with Crippen LogP contribution in [-0.4, -0.2) is 41.4 Å². The molecule has 3 heterocycles. The standard InChI is InChI=1S/C26H29N5O3S/c1-18-9-11-31(12-10-18)23-16-24(34-20-5-3-2-4-6-20)29-25(28-23)30-26(35)27-17-19-7-8-21-22(15-19)33-14-13-32-21/h2-8,15-16,18H,9-14,17H2,1H3,(H2,27,28,29,30,35). The minimum Gasteiger partial charge on any atom is -0.486 e. The van der Waals surface area contributed by atoms with Crippen LogP contribution in [0.1, 0.15) is 25.3 Å². The Bertz CT molecular complexity index is 1170. The highest BCUT2D eigenvalue weighted by atomic mass is 32.1. The van der Waals surface area contributed by atoms with Gasteiger partial charge < -0.3 is 29.7 Å². The predicted octanol–water partition coefficient (Wildman–Crippen LogP) is 4.76. The molecule has 2 aliphatic rings. The zero-order valence-electron chi connectivity index (χ0n) is 19.7. The lowest BCUT2D eigenvalue weighted by atomic mass is 9.99. The molecule has 2 aromatic carbocycles. The molecule has 1 saturated heterocycles. The summed E-state index contributed by atoms with van der Waals surface area (Å²) >= 11 is 5.53. The Balaban J connectivity index is 1.28. The molecule has 0 aliphatic carbocycles. The van der Waals surface area contributed by atoms with Crippen LogP contribution in [0.2, 0.25) is 0 Å². The van der Waals surface area contributed by atoms with E-state index in [-0.39, 0.29) is 0 Å². The molecule has 182 valence electrons. The molecule has 2 aliphatic heterocycles. The summed E-state index contributed by atoms with van der Waals surface area (Å²) in [5, 5.41) is 6.77. The van der Waals surface area contributed by atoms with Crippen LogP contribution in [0, 0.1) is 5.92 Å². The van der Waals surface area contributed by atoms with E-state index in [9.17, 15) is 0 Å². The van der Waals surface area contributed by atoms with Crippen molar-refractivity contribution in [3.63, 3.8) is 0 Å². The number of hydrogen-bond acceptors (Lipinski definition) is 7. The second-order valence-electron chi connectivity index (χ2n) is 8.76. The highest BCUT2D eigenvalue weighted by Gasteiger charge is 2.19. The third-order valence-corrected chi connectivity index (χ3v) is 6.29.